The predicted molar refractivity (Wildman–Crippen MR) is 125 cm³/mol. The SMILES string of the molecule is [C-]#[N+]c1ccc(-c2cc(N3CCC(N)CC3)c(=O)n(C)c2-c2ccc(OC)cc2)cc1F. The van der Waals surface area contributed by atoms with Crippen molar-refractivity contribution in [1.82, 2.24) is 4.57 Å². The lowest BCUT2D eigenvalue weighted by molar-refractivity contribution is 0.415. The molecule has 1 aliphatic heterocycles. The highest BCUT2D eigenvalue weighted by atomic mass is 19.1. The number of hydrogen-bond donors (Lipinski definition) is 1. The largest absolute Gasteiger partial charge is 0.497 e. The summed E-state index contributed by atoms with van der Waals surface area (Å²) in [5.41, 5.74) is 9.27. The first-order valence-electron chi connectivity index (χ1n) is 10.5. The van der Waals surface area contributed by atoms with Crippen LogP contribution in [0.1, 0.15) is 12.8 Å². The van der Waals surface area contributed by atoms with Gasteiger partial charge in [-0.3, -0.25) is 4.79 Å². The number of rotatable bonds is 4. The zero-order chi connectivity index (χ0) is 22.8. The number of hydrogen-bond acceptors (Lipinski definition) is 4. The van der Waals surface area contributed by atoms with Crippen LogP contribution in [0.4, 0.5) is 15.8 Å². The van der Waals surface area contributed by atoms with Crippen LogP contribution in [0.2, 0.25) is 0 Å². The monoisotopic (exact) mass is 432 g/mol. The molecule has 3 aromatic rings. The average molecular weight is 432 g/mol. The molecule has 0 atom stereocenters. The molecule has 1 aliphatic rings. The molecule has 2 aromatic carbocycles. The van der Waals surface area contributed by atoms with Gasteiger partial charge >= 0.3 is 0 Å². The Hall–Kier alpha value is -3.63. The van der Waals surface area contributed by atoms with E-state index in [2.05, 4.69) is 9.74 Å². The number of pyridine rings is 1. The van der Waals surface area contributed by atoms with Gasteiger partial charge in [0.25, 0.3) is 5.56 Å². The second-order valence-electron chi connectivity index (χ2n) is 7.99. The van der Waals surface area contributed by atoms with Crippen molar-refractivity contribution in [1.29, 1.82) is 0 Å². The van der Waals surface area contributed by atoms with Gasteiger partial charge < -0.3 is 19.9 Å². The molecule has 6 nitrogen and oxygen atoms in total. The highest BCUT2D eigenvalue weighted by Gasteiger charge is 2.23. The summed E-state index contributed by atoms with van der Waals surface area (Å²) in [7, 11) is 3.33. The molecule has 0 unspecified atom stereocenters. The zero-order valence-electron chi connectivity index (χ0n) is 18.1. The Kier molecular flexibility index (Phi) is 5.97. The van der Waals surface area contributed by atoms with E-state index in [-0.39, 0.29) is 17.3 Å². The number of piperidine rings is 1. The fourth-order valence-corrected chi connectivity index (χ4v) is 4.17. The third-order valence-electron chi connectivity index (χ3n) is 6.02. The maximum absolute atomic E-state index is 14.5. The minimum atomic E-state index is -0.586. The van der Waals surface area contributed by atoms with Crippen LogP contribution in [0.5, 0.6) is 5.75 Å². The lowest BCUT2D eigenvalue weighted by Gasteiger charge is -2.32. The van der Waals surface area contributed by atoms with Gasteiger partial charge in [-0.05, 0) is 60.4 Å². The molecule has 32 heavy (non-hydrogen) atoms. The summed E-state index contributed by atoms with van der Waals surface area (Å²) in [6.07, 6.45) is 1.63. The topological polar surface area (TPSA) is 64.8 Å². The second kappa shape index (κ2) is 8.85. The zero-order valence-corrected chi connectivity index (χ0v) is 18.1. The van der Waals surface area contributed by atoms with Gasteiger partial charge in [-0.25, -0.2) is 9.24 Å². The molecule has 0 bridgehead atoms. The van der Waals surface area contributed by atoms with Gasteiger partial charge in [-0.1, -0.05) is 12.1 Å². The number of methoxy groups -OCH3 is 1. The van der Waals surface area contributed by atoms with Crippen molar-refractivity contribution in [3.8, 4) is 28.1 Å². The maximum atomic E-state index is 14.5. The molecular formula is C25H25FN4O2. The molecule has 1 aromatic heterocycles. The lowest BCUT2D eigenvalue weighted by atomic mass is 9.97. The minimum absolute atomic E-state index is 0.0326. The highest BCUT2D eigenvalue weighted by Crippen LogP contribution is 2.36. The molecule has 2 N–H and O–H groups in total. The molecule has 2 heterocycles. The molecule has 0 amide bonds. The van der Waals surface area contributed by atoms with Crippen molar-refractivity contribution < 1.29 is 9.13 Å². The van der Waals surface area contributed by atoms with Gasteiger partial charge in [-0.2, -0.15) is 0 Å². The molecule has 7 heteroatoms. The Bertz CT molecular complexity index is 1240. The Morgan fingerprint density at radius 3 is 2.34 bits per heavy atom. The van der Waals surface area contributed by atoms with E-state index in [1.54, 1.807) is 24.8 Å². The first-order chi connectivity index (χ1) is 15.4. The van der Waals surface area contributed by atoms with Gasteiger partial charge in [0.05, 0.1) is 19.4 Å². The van der Waals surface area contributed by atoms with Crippen LogP contribution < -0.4 is 20.9 Å². The minimum Gasteiger partial charge on any atom is -0.497 e. The molecule has 1 fully saturated rings. The fraction of sp³-hybridized carbons (Fsp3) is 0.280. The number of ether oxygens (including phenoxy) is 1. The number of aromatic nitrogens is 1. The fourth-order valence-electron chi connectivity index (χ4n) is 4.17. The van der Waals surface area contributed by atoms with E-state index in [0.717, 1.165) is 24.0 Å². The standard InChI is InChI=1S/C25H25FN4O2/c1-28-22-9-6-17(14-21(22)26)20-15-23(30-12-10-18(27)11-13-30)25(31)29(2)24(20)16-4-7-19(32-3)8-5-16/h4-9,14-15,18H,10-13,27H2,2-3H3. The van der Waals surface area contributed by atoms with Crippen molar-refractivity contribution in [2.75, 3.05) is 25.1 Å². The van der Waals surface area contributed by atoms with Crippen molar-refractivity contribution in [3.63, 3.8) is 0 Å². The molecule has 4 rings (SSSR count). The summed E-state index contributed by atoms with van der Waals surface area (Å²) in [6.45, 7) is 8.53. The Balaban J connectivity index is 1.93. The summed E-state index contributed by atoms with van der Waals surface area (Å²) in [6, 6.07) is 13.9. The van der Waals surface area contributed by atoms with Crippen LogP contribution >= 0.6 is 0 Å². The molecule has 0 radical (unpaired) electrons. The summed E-state index contributed by atoms with van der Waals surface area (Å²) in [5.74, 6) is 0.117. The molecule has 0 aliphatic carbocycles. The predicted octanol–water partition coefficient (Wildman–Crippen LogP) is 4.35. The van der Waals surface area contributed by atoms with Crippen molar-refractivity contribution in [3.05, 3.63) is 76.1 Å². The van der Waals surface area contributed by atoms with Crippen LogP contribution in [0.25, 0.3) is 27.2 Å². The number of nitrogens with zero attached hydrogens (tertiary/aromatic N) is 3. The Labute approximate surface area is 186 Å². The van der Waals surface area contributed by atoms with Gasteiger partial charge in [-0.15, -0.1) is 0 Å². The van der Waals surface area contributed by atoms with E-state index in [0.29, 0.717) is 35.8 Å². The summed E-state index contributed by atoms with van der Waals surface area (Å²) in [4.78, 5) is 18.6. The van der Waals surface area contributed by atoms with Crippen LogP contribution in [0.15, 0.2) is 53.3 Å². The third-order valence-corrected chi connectivity index (χ3v) is 6.02. The number of anilines is 1. The summed E-state index contributed by atoms with van der Waals surface area (Å²) in [5, 5.41) is 0. The van der Waals surface area contributed by atoms with Crippen LogP contribution in [0.3, 0.4) is 0 Å². The van der Waals surface area contributed by atoms with E-state index in [1.807, 2.05) is 30.3 Å². The van der Waals surface area contributed by atoms with Crippen molar-refractivity contribution >= 4 is 11.4 Å². The molecule has 0 spiro atoms. The first-order valence-corrected chi connectivity index (χ1v) is 10.5. The Morgan fingerprint density at radius 1 is 1.09 bits per heavy atom. The van der Waals surface area contributed by atoms with E-state index in [4.69, 9.17) is 17.0 Å². The van der Waals surface area contributed by atoms with E-state index >= 15 is 0 Å². The van der Waals surface area contributed by atoms with Crippen LogP contribution in [0, 0.1) is 12.4 Å². The second-order valence-corrected chi connectivity index (χ2v) is 7.99. The van der Waals surface area contributed by atoms with Gasteiger partial charge in [0.1, 0.15) is 17.3 Å². The van der Waals surface area contributed by atoms with Gasteiger partial charge in [0, 0.05) is 31.7 Å². The maximum Gasteiger partial charge on any atom is 0.274 e. The molecular weight excluding hydrogens is 407 g/mol. The normalized spacial score (nSPS) is 14.3. The summed E-state index contributed by atoms with van der Waals surface area (Å²) < 4.78 is 21.4. The van der Waals surface area contributed by atoms with Crippen LogP contribution in [-0.2, 0) is 7.05 Å². The quantitative estimate of drug-likeness (QED) is 0.623. The van der Waals surface area contributed by atoms with Crippen LogP contribution in [-0.4, -0.2) is 30.8 Å². The summed E-state index contributed by atoms with van der Waals surface area (Å²) >= 11 is 0. The smallest absolute Gasteiger partial charge is 0.274 e. The molecule has 1 saturated heterocycles. The van der Waals surface area contributed by atoms with E-state index < -0.39 is 5.82 Å². The van der Waals surface area contributed by atoms with Crippen molar-refractivity contribution in [2.45, 2.75) is 18.9 Å². The van der Waals surface area contributed by atoms with Crippen molar-refractivity contribution in [2.24, 2.45) is 12.8 Å². The van der Waals surface area contributed by atoms with E-state index in [1.165, 1.54) is 12.1 Å². The lowest BCUT2D eigenvalue weighted by Crippen LogP contribution is -2.42. The number of benzene rings is 2. The van der Waals surface area contributed by atoms with E-state index in [9.17, 15) is 9.18 Å². The Morgan fingerprint density at radius 2 is 1.75 bits per heavy atom. The highest BCUT2D eigenvalue weighted by molar-refractivity contribution is 5.84. The number of halogens is 1. The average Bonchev–Trinajstić information content (AvgIpc) is 2.81. The van der Waals surface area contributed by atoms with Gasteiger partial charge in [0.15, 0.2) is 0 Å². The first kappa shape index (κ1) is 21.6. The number of nitrogens with two attached hydrogens (primary N) is 1. The molecule has 164 valence electrons. The third kappa shape index (κ3) is 3.97. The molecule has 0 saturated carbocycles. The van der Waals surface area contributed by atoms with Gasteiger partial charge in [0.2, 0.25) is 5.69 Å².